The molecule has 0 fully saturated rings. The highest BCUT2D eigenvalue weighted by Crippen LogP contribution is 2.10. The molecule has 0 atom stereocenters. The van der Waals surface area contributed by atoms with Crippen molar-refractivity contribution in [3.8, 4) is 0 Å². The van der Waals surface area contributed by atoms with Gasteiger partial charge in [0.05, 0.1) is 24.1 Å². The van der Waals surface area contributed by atoms with Crippen molar-refractivity contribution in [2.45, 2.75) is 6.61 Å². The van der Waals surface area contributed by atoms with Crippen molar-refractivity contribution < 1.29 is 14.6 Å². The lowest BCUT2D eigenvalue weighted by atomic mass is 10.3. The highest BCUT2D eigenvalue weighted by Gasteiger charge is 2.07. The SMILES string of the molecule is COCc1cnc2ccc(C(=O)O)cn12. The van der Waals surface area contributed by atoms with Gasteiger partial charge < -0.3 is 14.2 Å². The number of methoxy groups -OCH3 is 1. The maximum absolute atomic E-state index is 10.8. The monoisotopic (exact) mass is 206 g/mol. The van der Waals surface area contributed by atoms with Crippen LogP contribution in [0.2, 0.25) is 0 Å². The Bertz CT molecular complexity index is 504. The molecule has 0 saturated heterocycles. The topological polar surface area (TPSA) is 63.8 Å². The van der Waals surface area contributed by atoms with Gasteiger partial charge in [-0.3, -0.25) is 0 Å². The van der Waals surface area contributed by atoms with Crippen LogP contribution in [0.5, 0.6) is 0 Å². The summed E-state index contributed by atoms with van der Waals surface area (Å²) in [7, 11) is 1.58. The fourth-order valence-corrected chi connectivity index (χ4v) is 1.41. The van der Waals surface area contributed by atoms with Gasteiger partial charge >= 0.3 is 5.97 Å². The molecule has 15 heavy (non-hydrogen) atoms. The van der Waals surface area contributed by atoms with Gasteiger partial charge in [-0.15, -0.1) is 0 Å². The third kappa shape index (κ3) is 1.69. The summed E-state index contributed by atoms with van der Waals surface area (Å²) in [4.78, 5) is 14.9. The Morgan fingerprint density at radius 2 is 2.40 bits per heavy atom. The Labute approximate surface area is 85.9 Å². The molecule has 78 valence electrons. The lowest BCUT2D eigenvalue weighted by molar-refractivity contribution is 0.0696. The highest BCUT2D eigenvalue weighted by molar-refractivity contribution is 5.87. The normalized spacial score (nSPS) is 10.7. The standard InChI is InChI=1S/C10H10N2O3/c1-15-6-8-4-11-9-3-2-7(10(13)14)5-12(8)9/h2-5H,6H2,1H3,(H,13,14). The third-order valence-electron chi connectivity index (χ3n) is 2.12. The molecule has 0 spiro atoms. The number of aromatic nitrogens is 2. The molecule has 5 nitrogen and oxygen atoms in total. The van der Waals surface area contributed by atoms with E-state index in [1.807, 2.05) is 0 Å². The van der Waals surface area contributed by atoms with Crippen LogP contribution in [-0.2, 0) is 11.3 Å². The predicted octanol–water partition coefficient (Wildman–Crippen LogP) is 1.18. The fraction of sp³-hybridized carbons (Fsp3) is 0.200. The summed E-state index contributed by atoms with van der Waals surface area (Å²) >= 11 is 0. The van der Waals surface area contributed by atoms with Gasteiger partial charge in [0.25, 0.3) is 0 Å². The number of hydrogen-bond donors (Lipinski definition) is 1. The number of hydrogen-bond acceptors (Lipinski definition) is 3. The van der Waals surface area contributed by atoms with Crippen LogP contribution in [0.25, 0.3) is 5.65 Å². The van der Waals surface area contributed by atoms with Crippen LogP contribution < -0.4 is 0 Å². The minimum atomic E-state index is -0.950. The number of imidazole rings is 1. The van der Waals surface area contributed by atoms with E-state index in [0.29, 0.717) is 12.3 Å². The van der Waals surface area contributed by atoms with E-state index in [9.17, 15) is 4.79 Å². The number of carboxylic acids is 1. The Morgan fingerprint density at radius 3 is 3.07 bits per heavy atom. The van der Waals surface area contributed by atoms with E-state index in [1.54, 1.807) is 30.0 Å². The molecular weight excluding hydrogens is 196 g/mol. The lowest BCUT2D eigenvalue weighted by Crippen LogP contribution is -2.01. The third-order valence-corrected chi connectivity index (χ3v) is 2.12. The molecule has 0 aliphatic rings. The van der Waals surface area contributed by atoms with Crippen molar-refractivity contribution in [2.24, 2.45) is 0 Å². The Hall–Kier alpha value is -1.88. The van der Waals surface area contributed by atoms with Gasteiger partial charge in [0.2, 0.25) is 0 Å². The van der Waals surface area contributed by atoms with Crippen molar-refractivity contribution in [2.75, 3.05) is 7.11 Å². The average molecular weight is 206 g/mol. The first-order valence-electron chi connectivity index (χ1n) is 4.40. The van der Waals surface area contributed by atoms with Crippen LogP contribution in [0, 0.1) is 0 Å². The van der Waals surface area contributed by atoms with Crippen LogP contribution in [0.1, 0.15) is 16.1 Å². The van der Waals surface area contributed by atoms with Crippen LogP contribution in [0.3, 0.4) is 0 Å². The molecule has 0 unspecified atom stereocenters. The van der Waals surface area contributed by atoms with Crippen molar-refractivity contribution in [3.63, 3.8) is 0 Å². The zero-order valence-corrected chi connectivity index (χ0v) is 8.17. The zero-order chi connectivity index (χ0) is 10.8. The van der Waals surface area contributed by atoms with Gasteiger partial charge in [-0.2, -0.15) is 0 Å². The molecular formula is C10H10N2O3. The van der Waals surface area contributed by atoms with E-state index in [-0.39, 0.29) is 5.56 Å². The largest absolute Gasteiger partial charge is 0.478 e. The van der Waals surface area contributed by atoms with E-state index in [0.717, 1.165) is 5.69 Å². The van der Waals surface area contributed by atoms with E-state index in [1.165, 1.54) is 6.07 Å². The van der Waals surface area contributed by atoms with Gasteiger partial charge in [0, 0.05) is 13.3 Å². The van der Waals surface area contributed by atoms with Crippen molar-refractivity contribution >= 4 is 11.6 Å². The smallest absolute Gasteiger partial charge is 0.337 e. The summed E-state index contributed by atoms with van der Waals surface area (Å²) in [5.41, 5.74) is 1.78. The number of ether oxygens (including phenoxy) is 1. The number of carbonyl (C=O) groups is 1. The van der Waals surface area contributed by atoms with Crippen LogP contribution >= 0.6 is 0 Å². The van der Waals surface area contributed by atoms with E-state index < -0.39 is 5.97 Å². The van der Waals surface area contributed by atoms with E-state index >= 15 is 0 Å². The first-order chi connectivity index (χ1) is 7.22. The van der Waals surface area contributed by atoms with Crippen LogP contribution in [0.15, 0.2) is 24.5 Å². The molecule has 2 rings (SSSR count). The average Bonchev–Trinajstić information content (AvgIpc) is 2.61. The Morgan fingerprint density at radius 1 is 1.60 bits per heavy atom. The quantitative estimate of drug-likeness (QED) is 0.818. The van der Waals surface area contributed by atoms with Gasteiger partial charge in [-0.1, -0.05) is 0 Å². The second-order valence-corrected chi connectivity index (χ2v) is 3.13. The predicted molar refractivity (Wildman–Crippen MR) is 52.9 cm³/mol. The summed E-state index contributed by atoms with van der Waals surface area (Å²) in [6.07, 6.45) is 3.21. The number of aromatic carboxylic acids is 1. The number of rotatable bonds is 3. The number of pyridine rings is 1. The molecule has 0 radical (unpaired) electrons. The minimum absolute atomic E-state index is 0.234. The van der Waals surface area contributed by atoms with E-state index in [4.69, 9.17) is 9.84 Å². The number of fused-ring (bicyclic) bond motifs is 1. The molecule has 5 heteroatoms. The summed E-state index contributed by atoms with van der Waals surface area (Å²) < 4.78 is 6.70. The van der Waals surface area contributed by atoms with E-state index in [2.05, 4.69) is 4.98 Å². The lowest BCUT2D eigenvalue weighted by Gasteiger charge is -2.01. The number of carboxylic acid groups (broad SMARTS) is 1. The summed E-state index contributed by atoms with van der Waals surface area (Å²) in [5, 5.41) is 8.84. The Kier molecular flexibility index (Phi) is 2.39. The highest BCUT2D eigenvalue weighted by atomic mass is 16.5. The zero-order valence-electron chi connectivity index (χ0n) is 8.17. The molecule has 0 aliphatic carbocycles. The minimum Gasteiger partial charge on any atom is -0.478 e. The molecule has 0 bridgehead atoms. The van der Waals surface area contributed by atoms with Gasteiger partial charge in [-0.25, -0.2) is 9.78 Å². The molecule has 2 aromatic rings. The van der Waals surface area contributed by atoms with Crippen molar-refractivity contribution in [1.82, 2.24) is 9.38 Å². The second kappa shape index (κ2) is 3.70. The first kappa shape index (κ1) is 9.67. The van der Waals surface area contributed by atoms with Gasteiger partial charge in [0.1, 0.15) is 5.65 Å². The molecule has 0 aromatic carbocycles. The molecule has 2 aromatic heterocycles. The maximum Gasteiger partial charge on any atom is 0.337 e. The molecule has 0 aliphatic heterocycles. The second-order valence-electron chi connectivity index (χ2n) is 3.13. The van der Waals surface area contributed by atoms with Crippen LogP contribution in [-0.4, -0.2) is 27.6 Å². The molecule has 2 heterocycles. The van der Waals surface area contributed by atoms with Gasteiger partial charge in [0.15, 0.2) is 0 Å². The van der Waals surface area contributed by atoms with Crippen molar-refractivity contribution in [3.05, 3.63) is 35.8 Å². The Balaban J connectivity index is 2.56. The number of nitrogens with zero attached hydrogens (tertiary/aromatic N) is 2. The van der Waals surface area contributed by atoms with Crippen LogP contribution in [0.4, 0.5) is 0 Å². The summed E-state index contributed by atoms with van der Waals surface area (Å²) in [6.45, 7) is 0.407. The molecule has 0 amide bonds. The molecule has 1 N–H and O–H groups in total. The fourth-order valence-electron chi connectivity index (χ4n) is 1.41. The summed E-state index contributed by atoms with van der Waals surface area (Å²) in [5.74, 6) is -0.950. The van der Waals surface area contributed by atoms with Gasteiger partial charge in [-0.05, 0) is 12.1 Å². The first-order valence-corrected chi connectivity index (χ1v) is 4.40. The van der Waals surface area contributed by atoms with Crippen molar-refractivity contribution in [1.29, 1.82) is 0 Å². The molecule has 0 saturated carbocycles. The maximum atomic E-state index is 10.8. The summed E-state index contributed by atoms with van der Waals surface area (Å²) in [6, 6.07) is 3.20.